The van der Waals surface area contributed by atoms with Crippen LogP contribution in [-0.4, -0.2) is 72.8 Å². The average molecular weight is 520 g/mol. The number of esters is 1. The first kappa shape index (κ1) is 26.8. The molecule has 2 bridgehead atoms. The Bertz CT molecular complexity index is 1060. The third-order valence-corrected chi connectivity index (χ3v) is 7.38. The minimum atomic E-state index is -0.972. The summed E-state index contributed by atoms with van der Waals surface area (Å²) in [6, 6.07) is 1.73. The number of likely N-dealkylation sites (tertiary alicyclic amines) is 1. The molecule has 3 amide bonds. The van der Waals surface area contributed by atoms with Crippen LogP contribution >= 0.6 is 0 Å². The number of piperidine rings is 1. The molecule has 1 saturated carbocycles. The number of carbonyl (C=O) groups excluding carboxylic acids is 4. The topological polar surface area (TPSA) is 123 Å². The maximum Gasteiger partial charge on any atom is 0.310 e. The Morgan fingerprint density at radius 1 is 1.24 bits per heavy atom. The van der Waals surface area contributed by atoms with E-state index in [9.17, 15) is 23.6 Å². The van der Waals surface area contributed by atoms with Crippen molar-refractivity contribution in [2.75, 3.05) is 13.7 Å². The van der Waals surface area contributed by atoms with Crippen molar-refractivity contribution in [3.05, 3.63) is 29.6 Å². The second-order valence-electron chi connectivity index (χ2n) is 10.1. The van der Waals surface area contributed by atoms with E-state index in [1.54, 1.807) is 25.7 Å². The number of amides is 3. The first-order chi connectivity index (χ1) is 17.7. The number of ether oxygens (including phenoxy) is 3. The lowest BCUT2D eigenvalue weighted by atomic mass is 9.95. The van der Waals surface area contributed by atoms with Gasteiger partial charge in [0.2, 0.25) is 18.1 Å². The van der Waals surface area contributed by atoms with E-state index in [4.69, 9.17) is 14.2 Å². The SMILES string of the molecule is CCOC1OC(=O)CC1NC(=O)C1C2CCC(C2)N1C(=O)C(NC(=O)c1cccc(OC)c1F)C(C)C. The van der Waals surface area contributed by atoms with Crippen molar-refractivity contribution in [1.82, 2.24) is 15.5 Å². The summed E-state index contributed by atoms with van der Waals surface area (Å²) in [6.07, 6.45) is 1.36. The van der Waals surface area contributed by atoms with Crippen molar-refractivity contribution < 1.29 is 37.8 Å². The number of rotatable bonds is 9. The lowest BCUT2D eigenvalue weighted by molar-refractivity contribution is -0.165. The van der Waals surface area contributed by atoms with E-state index < -0.39 is 42.1 Å². The van der Waals surface area contributed by atoms with Crippen LogP contribution < -0.4 is 15.4 Å². The molecule has 4 rings (SSSR count). The van der Waals surface area contributed by atoms with Gasteiger partial charge in [0.1, 0.15) is 18.1 Å². The van der Waals surface area contributed by atoms with Gasteiger partial charge in [-0.25, -0.2) is 4.39 Å². The van der Waals surface area contributed by atoms with Crippen molar-refractivity contribution in [2.24, 2.45) is 11.8 Å². The van der Waals surface area contributed by atoms with E-state index in [-0.39, 0.29) is 47.4 Å². The number of hydrogen-bond donors (Lipinski definition) is 2. The minimum absolute atomic E-state index is 0.0120. The molecule has 0 radical (unpaired) electrons. The molecular formula is C26H34FN3O7. The number of carbonyl (C=O) groups is 4. The Morgan fingerprint density at radius 3 is 2.68 bits per heavy atom. The van der Waals surface area contributed by atoms with Crippen LogP contribution in [-0.2, 0) is 23.9 Å². The van der Waals surface area contributed by atoms with Crippen molar-refractivity contribution in [3.63, 3.8) is 0 Å². The van der Waals surface area contributed by atoms with Gasteiger partial charge in [0.15, 0.2) is 11.6 Å². The average Bonchev–Trinajstić information content (AvgIpc) is 3.57. The van der Waals surface area contributed by atoms with Crippen LogP contribution in [0.4, 0.5) is 4.39 Å². The summed E-state index contributed by atoms with van der Waals surface area (Å²) in [5, 5.41) is 5.54. The summed E-state index contributed by atoms with van der Waals surface area (Å²) in [7, 11) is 1.30. The lowest BCUT2D eigenvalue weighted by Crippen LogP contribution is -2.60. The van der Waals surface area contributed by atoms with Gasteiger partial charge in [-0.05, 0) is 50.2 Å². The van der Waals surface area contributed by atoms with Gasteiger partial charge in [-0.2, -0.15) is 0 Å². The van der Waals surface area contributed by atoms with E-state index >= 15 is 0 Å². The van der Waals surface area contributed by atoms with Gasteiger partial charge in [-0.3, -0.25) is 19.2 Å². The van der Waals surface area contributed by atoms with E-state index in [0.717, 1.165) is 12.8 Å². The van der Waals surface area contributed by atoms with Gasteiger partial charge >= 0.3 is 5.97 Å². The summed E-state index contributed by atoms with van der Waals surface area (Å²) < 4.78 is 30.3. The zero-order valence-electron chi connectivity index (χ0n) is 21.5. The lowest BCUT2D eigenvalue weighted by Gasteiger charge is -2.38. The van der Waals surface area contributed by atoms with Crippen LogP contribution in [0, 0.1) is 17.7 Å². The molecule has 37 heavy (non-hydrogen) atoms. The smallest absolute Gasteiger partial charge is 0.310 e. The summed E-state index contributed by atoms with van der Waals surface area (Å²) >= 11 is 0. The number of fused-ring (bicyclic) bond motifs is 2. The predicted molar refractivity (Wildman–Crippen MR) is 129 cm³/mol. The predicted octanol–water partition coefficient (Wildman–Crippen LogP) is 1.76. The highest BCUT2D eigenvalue weighted by molar-refractivity contribution is 5.99. The molecule has 0 aromatic heterocycles. The molecule has 6 unspecified atom stereocenters. The van der Waals surface area contributed by atoms with Gasteiger partial charge in [0, 0.05) is 12.6 Å². The summed E-state index contributed by atoms with van der Waals surface area (Å²) in [5.41, 5.74) is -0.233. The molecule has 0 spiro atoms. The van der Waals surface area contributed by atoms with E-state index in [2.05, 4.69) is 10.6 Å². The van der Waals surface area contributed by atoms with Gasteiger partial charge in [0.25, 0.3) is 5.91 Å². The molecule has 3 fully saturated rings. The van der Waals surface area contributed by atoms with Crippen LogP contribution in [0.5, 0.6) is 5.75 Å². The number of cyclic esters (lactones) is 1. The monoisotopic (exact) mass is 519 g/mol. The van der Waals surface area contributed by atoms with Crippen LogP contribution in [0.1, 0.15) is 56.8 Å². The third kappa shape index (κ3) is 5.27. The number of halogens is 1. The van der Waals surface area contributed by atoms with Gasteiger partial charge in [-0.1, -0.05) is 19.9 Å². The Morgan fingerprint density at radius 2 is 2.00 bits per heavy atom. The third-order valence-electron chi connectivity index (χ3n) is 7.38. The highest BCUT2D eigenvalue weighted by Gasteiger charge is 2.53. The molecule has 2 saturated heterocycles. The highest BCUT2D eigenvalue weighted by atomic mass is 19.1. The first-order valence-electron chi connectivity index (χ1n) is 12.7. The summed E-state index contributed by atoms with van der Waals surface area (Å²) in [4.78, 5) is 53.6. The second-order valence-corrected chi connectivity index (χ2v) is 10.1. The van der Waals surface area contributed by atoms with Crippen molar-refractivity contribution in [1.29, 1.82) is 0 Å². The maximum absolute atomic E-state index is 14.7. The van der Waals surface area contributed by atoms with E-state index in [1.807, 2.05) is 0 Å². The largest absolute Gasteiger partial charge is 0.494 e. The van der Waals surface area contributed by atoms with Crippen molar-refractivity contribution in [2.45, 2.75) is 76.9 Å². The standard InChI is InChI=1S/C26H34FN3O7/c1-5-36-26-17(12-19(31)37-26)28-24(33)22-14-9-10-15(11-14)30(22)25(34)21(13(2)3)29-23(32)16-7-6-8-18(35-4)20(16)27/h6-8,13-15,17,21-22,26H,5,9-12H2,1-4H3,(H,28,33)(H,29,32). The molecule has 6 atom stereocenters. The number of hydrogen-bond acceptors (Lipinski definition) is 7. The Hall–Kier alpha value is -3.21. The first-order valence-corrected chi connectivity index (χ1v) is 12.7. The van der Waals surface area contributed by atoms with Crippen molar-refractivity contribution >= 4 is 23.7 Å². The fraction of sp³-hybridized carbons (Fsp3) is 0.615. The van der Waals surface area contributed by atoms with E-state index in [0.29, 0.717) is 13.0 Å². The second kappa shape index (κ2) is 11.0. The molecule has 11 heteroatoms. The number of benzene rings is 1. The van der Waals surface area contributed by atoms with Crippen LogP contribution in [0.3, 0.4) is 0 Å². The quantitative estimate of drug-likeness (QED) is 0.477. The van der Waals surface area contributed by atoms with Gasteiger partial charge in [-0.15, -0.1) is 0 Å². The van der Waals surface area contributed by atoms with Crippen LogP contribution in [0.25, 0.3) is 0 Å². The zero-order valence-corrected chi connectivity index (χ0v) is 21.5. The van der Waals surface area contributed by atoms with Crippen LogP contribution in [0.2, 0.25) is 0 Å². The van der Waals surface area contributed by atoms with Crippen molar-refractivity contribution in [3.8, 4) is 5.75 Å². The zero-order chi connectivity index (χ0) is 26.9. The molecule has 2 heterocycles. The molecule has 3 aliphatic rings. The fourth-order valence-corrected chi connectivity index (χ4v) is 5.62. The Balaban J connectivity index is 1.52. The summed E-state index contributed by atoms with van der Waals surface area (Å²) in [5.74, 6) is -3.21. The fourth-order valence-electron chi connectivity index (χ4n) is 5.62. The maximum atomic E-state index is 14.7. The molecule has 1 aliphatic carbocycles. The molecule has 2 aliphatic heterocycles. The molecule has 202 valence electrons. The molecule has 2 N–H and O–H groups in total. The Labute approximate surface area is 215 Å². The minimum Gasteiger partial charge on any atom is -0.494 e. The molecule has 1 aromatic rings. The number of nitrogens with one attached hydrogen (secondary N) is 2. The highest BCUT2D eigenvalue weighted by Crippen LogP contribution is 2.43. The number of nitrogens with zero attached hydrogens (tertiary/aromatic N) is 1. The summed E-state index contributed by atoms with van der Waals surface area (Å²) in [6.45, 7) is 5.64. The normalized spacial score (nSPS) is 27.2. The van der Waals surface area contributed by atoms with Gasteiger partial charge < -0.3 is 29.7 Å². The van der Waals surface area contributed by atoms with E-state index in [1.165, 1.54) is 25.3 Å². The van der Waals surface area contributed by atoms with Gasteiger partial charge in [0.05, 0.1) is 19.1 Å². The van der Waals surface area contributed by atoms with Crippen LogP contribution in [0.15, 0.2) is 18.2 Å². The molecule has 1 aromatic carbocycles. The molecule has 10 nitrogen and oxygen atoms in total. The number of methoxy groups -OCH3 is 1. The molecular weight excluding hydrogens is 485 g/mol. The Kier molecular flexibility index (Phi) is 8.01.